The van der Waals surface area contributed by atoms with Crippen molar-refractivity contribution in [2.75, 3.05) is 6.67 Å². The van der Waals surface area contributed by atoms with E-state index >= 15 is 0 Å². The Morgan fingerprint density at radius 2 is 1.93 bits per heavy atom. The number of carbonyl (C=O) groups is 2. The number of hydrogen-bond acceptors (Lipinski definition) is 3. The third-order valence-corrected chi connectivity index (χ3v) is 2.00. The Bertz CT molecular complexity index is 353. The third kappa shape index (κ3) is 1.40. The zero-order valence-corrected chi connectivity index (χ0v) is 7.99. The van der Waals surface area contributed by atoms with E-state index in [2.05, 4.69) is 6.58 Å². The van der Waals surface area contributed by atoms with Crippen LogP contribution in [0.4, 0.5) is 0 Å². The van der Waals surface area contributed by atoms with Gasteiger partial charge in [0.05, 0.1) is 12.2 Å². The van der Waals surface area contributed by atoms with Crippen molar-refractivity contribution in [2.24, 2.45) is 5.73 Å². The number of carbonyl (C=O) groups excluding carboxylic acids is 2. The van der Waals surface area contributed by atoms with Crippen molar-refractivity contribution in [3.05, 3.63) is 36.0 Å². The van der Waals surface area contributed by atoms with Crippen LogP contribution in [-0.4, -0.2) is 23.4 Å². The van der Waals surface area contributed by atoms with Crippen LogP contribution in [0.25, 0.3) is 0 Å². The van der Waals surface area contributed by atoms with Crippen molar-refractivity contribution in [3.8, 4) is 0 Å². The maximum absolute atomic E-state index is 11.6. The number of allylic oxidation sites excluding steroid dienone is 3. The summed E-state index contributed by atoms with van der Waals surface area (Å²) in [6, 6.07) is 0. The normalized spacial score (nSPS) is 22.6. The lowest BCUT2D eigenvalue weighted by Gasteiger charge is -2.07. The molecule has 0 aromatic rings. The van der Waals surface area contributed by atoms with Crippen LogP contribution in [-0.2, 0) is 9.59 Å². The SMILES string of the molecule is C=C/C=C1/C(=O)N(CN)C(=O)/C1=C/C. The molecule has 0 spiro atoms. The number of nitrogens with zero attached hydrogens (tertiary/aromatic N) is 1. The van der Waals surface area contributed by atoms with E-state index in [1.165, 1.54) is 12.2 Å². The van der Waals surface area contributed by atoms with E-state index in [4.69, 9.17) is 5.73 Å². The van der Waals surface area contributed by atoms with E-state index in [0.29, 0.717) is 11.1 Å². The van der Waals surface area contributed by atoms with Gasteiger partial charge in [0.15, 0.2) is 0 Å². The monoisotopic (exact) mass is 192 g/mol. The first-order valence-corrected chi connectivity index (χ1v) is 4.23. The van der Waals surface area contributed by atoms with Gasteiger partial charge in [-0.2, -0.15) is 0 Å². The van der Waals surface area contributed by atoms with Crippen LogP contribution in [0, 0.1) is 0 Å². The van der Waals surface area contributed by atoms with Crippen LogP contribution < -0.4 is 5.73 Å². The van der Waals surface area contributed by atoms with Gasteiger partial charge in [-0.05, 0) is 13.0 Å². The summed E-state index contributed by atoms with van der Waals surface area (Å²) in [4.78, 5) is 24.1. The number of nitrogens with two attached hydrogens (primary N) is 1. The highest BCUT2D eigenvalue weighted by Crippen LogP contribution is 2.23. The number of hydrogen-bond donors (Lipinski definition) is 1. The predicted molar refractivity (Wildman–Crippen MR) is 52.9 cm³/mol. The first-order valence-electron chi connectivity index (χ1n) is 4.23. The number of amides is 2. The number of rotatable bonds is 2. The molecule has 14 heavy (non-hydrogen) atoms. The van der Waals surface area contributed by atoms with Gasteiger partial charge in [-0.3, -0.25) is 14.5 Å². The van der Waals surface area contributed by atoms with Gasteiger partial charge in [0.2, 0.25) is 0 Å². The lowest BCUT2D eigenvalue weighted by molar-refractivity contribution is -0.136. The zero-order chi connectivity index (χ0) is 10.7. The fourth-order valence-corrected chi connectivity index (χ4v) is 1.34. The molecule has 2 amide bonds. The molecule has 0 atom stereocenters. The fourth-order valence-electron chi connectivity index (χ4n) is 1.34. The highest BCUT2D eigenvalue weighted by Gasteiger charge is 2.36. The summed E-state index contributed by atoms with van der Waals surface area (Å²) in [6.07, 6.45) is 4.60. The third-order valence-electron chi connectivity index (χ3n) is 2.00. The van der Waals surface area contributed by atoms with E-state index in [1.54, 1.807) is 13.0 Å². The van der Waals surface area contributed by atoms with Crippen molar-refractivity contribution in [3.63, 3.8) is 0 Å². The molecule has 4 heteroatoms. The van der Waals surface area contributed by atoms with E-state index in [0.717, 1.165) is 4.90 Å². The second-order valence-electron chi connectivity index (χ2n) is 2.74. The van der Waals surface area contributed by atoms with E-state index in [1.807, 2.05) is 0 Å². The average Bonchev–Trinajstić information content (AvgIpc) is 2.39. The molecule has 0 aromatic heterocycles. The van der Waals surface area contributed by atoms with Crippen LogP contribution in [0.3, 0.4) is 0 Å². The fraction of sp³-hybridized carbons (Fsp3) is 0.200. The van der Waals surface area contributed by atoms with Crippen molar-refractivity contribution in [1.82, 2.24) is 4.90 Å². The Balaban J connectivity index is 3.22. The highest BCUT2D eigenvalue weighted by molar-refractivity contribution is 6.24. The molecule has 0 radical (unpaired) electrons. The smallest absolute Gasteiger partial charge is 0.262 e. The molecule has 0 aromatic carbocycles. The molecule has 0 unspecified atom stereocenters. The summed E-state index contributed by atoms with van der Waals surface area (Å²) < 4.78 is 0. The molecule has 1 heterocycles. The first-order chi connectivity index (χ1) is 6.67. The first kappa shape index (κ1) is 10.4. The van der Waals surface area contributed by atoms with Gasteiger partial charge in [0.1, 0.15) is 0 Å². The Kier molecular flexibility index (Phi) is 2.99. The molecule has 74 valence electrons. The second-order valence-corrected chi connectivity index (χ2v) is 2.74. The van der Waals surface area contributed by atoms with Crippen molar-refractivity contribution < 1.29 is 9.59 Å². The molecule has 1 aliphatic heterocycles. The van der Waals surface area contributed by atoms with Gasteiger partial charge in [0, 0.05) is 5.57 Å². The highest BCUT2D eigenvalue weighted by atomic mass is 16.2. The van der Waals surface area contributed by atoms with E-state index in [9.17, 15) is 9.59 Å². The molecule has 1 aliphatic rings. The van der Waals surface area contributed by atoms with Crippen LogP contribution in [0.5, 0.6) is 0 Å². The summed E-state index contributed by atoms with van der Waals surface area (Å²) >= 11 is 0. The predicted octanol–water partition coefficient (Wildman–Crippen LogP) is 0.330. The average molecular weight is 192 g/mol. The van der Waals surface area contributed by atoms with Crippen LogP contribution in [0.1, 0.15) is 6.92 Å². The molecular weight excluding hydrogens is 180 g/mol. The number of likely N-dealkylation sites (tertiary alicyclic amines) is 1. The van der Waals surface area contributed by atoms with E-state index in [-0.39, 0.29) is 18.5 Å². The summed E-state index contributed by atoms with van der Waals surface area (Å²) in [6.45, 7) is 5.10. The summed E-state index contributed by atoms with van der Waals surface area (Å²) in [5, 5.41) is 0. The molecule has 0 aliphatic carbocycles. The minimum absolute atomic E-state index is 0.0938. The van der Waals surface area contributed by atoms with Gasteiger partial charge in [-0.1, -0.05) is 18.7 Å². The quantitative estimate of drug-likeness (QED) is 0.506. The van der Waals surface area contributed by atoms with Crippen LogP contribution in [0.2, 0.25) is 0 Å². The summed E-state index contributed by atoms with van der Waals surface area (Å²) in [7, 11) is 0. The molecule has 0 bridgehead atoms. The molecular formula is C10H12N2O2. The molecule has 0 saturated carbocycles. The standard InChI is InChI=1S/C10H12N2O2/c1-3-5-8-7(4-2)9(13)12(6-11)10(8)14/h3-5H,1,6,11H2,2H3/b7-4+,8-5+. The van der Waals surface area contributed by atoms with Crippen molar-refractivity contribution in [1.29, 1.82) is 0 Å². The molecule has 1 fully saturated rings. The van der Waals surface area contributed by atoms with Crippen LogP contribution in [0.15, 0.2) is 36.0 Å². The lowest BCUT2D eigenvalue weighted by atomic mass is 10.1. The van der Waals surface area contributed by atoms with Gasteiger partial charge in [0.25, 0.3) is 11.8 Å². The lowest BCUT2D eigenvalue weighted by Crippen LogP contribution is -2.34. The van der Waals surface area contributed by atoms with Gasteiger partial charge in [-0.25, -0.2) is 0 Å². The summed E-state index contributed by atoms with van der Waals surface area (Å²) in [5.74, 6) is -0.696. The van der Waals surface area contributed by atoms with Gasteiger partial charge >= 0.3 is 0 Å². The van der Waals surface area contributed by atoms with Crippen LogP contribution >= 0.6 is 0 Å². The summed E-state index contributed by atoms with van der Waals surface area (Å²) in [5.41, 5.74) is 6.04. The Labute approximate surface area is 82.4 Å². The maximum Gasteiger partial charge on any atom is 0.262 e. The van der Waals surface area contributed by atoms with E-state index < -0.39 is 0 Å². The van der Waals surface area contributed by atoms with Gasteiger partial charge < -0.3 is 5.73 Å². The largest absolute Gasteiger partial charge is 0.313 e. The molecule has 4 nitrogen and oxygen atoms in total. The molecule has 1 saturated heterocycles. The maximum atomic E-state index is 11.6. The Morgan fingerprint density at radius 1 is 1.36 bits per heavy atom. The second kappa shape index (κ2) is 4.02. The Hall–Kier alpha value is -1.68. The Morgan fingerprint density at radius 3 is 2.36 bits per heavy atom. The minimum Gasteiger partial charge on any atom is -0.313 e. The molecule has 2 N–H and O–H groups in total. The zero-order valence-electron chi connectivity index (χ0n) is 7.99. The minimum atomic E-state index is -0.356. The molecule has 1 rings (SSSR count). The van der Waals surface area contributed by atoms with Gasteiger partial charge in [-0.15, -0.1) is 0 Å². The topological polar surface area (TPSA) is 63.4 Å². The van der Waals surface area contributed by atoms with Crippen molar-refractivity contribution >= 4 is 11.8 Å². The number of imide groups is 1. The van der Waals surface area contributed by atoms with Crippen molar-refractivity contribution in [2.45, 2.75) is 6.92 Å².